The molecule has 0 aliphatic rings. The molecule has 1 nitrogen and oxygen atoms in total. The van der Waals surface area contributed by atoms with Gasteiger partial charge in [0.2, 0.25) is 0 Å². The van der Waals surface area contributed by atoms with Crippen molar-refractivity contribution < 1.29 is 0 Å². The Morgan fingerprint density at radius 1 is 1.10 bits per heavy atom. The molecule has 1 aromatic rings. The van der Waals surface area contributed by atoms with Crippen LogP contribution in [0.2, 0.25) is 5.02 Å². The average Bonchev–Trinajstić information content (AvgIpc) is 2.46. The Balaban J connectivity index is 2.29. The quantitative estimate of drug-likeness (QED) is 0.411. The highest BCUT2D eigenvalue weighted by molar-refractivity contribution is 7.99. The van der Waals surface area contributed by atoms with Crippen molar-refractivity contribution in [2.45, 2.75) is 63.3 Å². The van der Waals surface area contributed by atoms with Gasteiger partial charge in [-0.1, -0.05) is 69.7 Å². The first kappa shape index (κ1) is 17.9. The molecule has 0 radical (unpaired) electrons. The van der Waals surface area contributed by atoms with Crippen molar-refractivity contribution in [3.05, 3.63) is 29.3 Å². The van der Waals surface area contributed by atoms with Gasteiger partial charge in [0.25, 0.3) is 0 Å². The highest BCUT2D eigenvalue weighted by Gasteiger charge is 2.09. The number of unbranched alkanes of at least 4 members (excludes halogenated alkanes) is 4. The maximum absolute atomic E-state index is 6.21. The first-order chi connectivity index (χ1) is 9.77. The normalized spacial score (nSPS) is 12.6. The molecule has 0 amide bonds. The molecule has 0 aliphatic carbocycles. The van der Waals surface area contributed by atoms with Gasteiger partial charge < -0.3 is 5.32 Å². The van der Waals surface area contributed by atoms with Crippen LogP contribution in [0, 0.1) is 0 Å². The Morgan fingerprint density at radius 3 is 2.55 bits per heavy atom. The second-order valence-corrected chi connectivity index (χ2v) is 6.67. The van der Waals surface area contributed by atoms with E-state index in [2.05, 4.69) is 31.3 Å². The van der Waals surface area contributed by atoms with Gasteiger partial charge in [0.1, 0.15) is 0 Å². The summed E-state index contributed by atoms with van der Waals surface area (Å²) in [5, 5.41) is 4.47. The smallest absolute Gasteiger partial charge is 0.0541 e. The largest absolute Gasteiger partial charge is 0.313 e. The van der Waals surface area contributed by atoms with E-state index in [9.17, 15) is 0 Å². The maximum atomic E-state index is 6.21. The summed E-state index contributed by atoms with van der Waals surface area (Å²) in [5.74, 6) is 1.10. The predicted octanol–water partition coefficient (Wildman–Crippen LogP) is 5.77. The van der Waals surface area contributed by atoms with Gasteiger partial charge >= 0.3 is 0 Å². The Labute approximate surface area is 133 Å². The lowest BCUT2D eigenvalue weighted by atomic mass is 10.1. The van der Waals surface area contributed by atoms with Crippen molar-refractivity contribution >= 4 is 23.4 Å². The minimum absolute atomic E-state index is 0.600. The van der Waals surface area contributed by atoms with Crippen LogP contribution in [0.25, 0.3) is 0 Å². The molecular weight excluding hydrogens is 286 g/mol. The minimum atomic E-state index is 0.600. The zero-order chi connectivity index (χ0) is 14.6. The summed E-state index contributed by atoms with van der Waals surface area (Å²) in [6.07, 6.45) is 8.05. The molecule has 0 bridgehead atoms. The van der Waals surface area contributed by atoms with Gasteiger partial charge in [-0.15, -0.1) is 11.8 Å². The van der Waals surface area contributed by atoms with Gasteiger partial charge in [-0.3, -0.25) is 0 Å². The van der Waals surface area contributed by atoms with Crippen LogP contribution >= 0.6 is 23.4 Å². The highest BCUT2D eigenvalue weighted by Crippen LogP contribution is 2.27. The average molecular weight is 314 g/mol. The van der Waals surface area contributed by atoms with E-state index >= 15 is 0 Å². The molecule has 1 atom stereocenters. The van der Waals surface area contributed by atoms with Crippen LogP contribution in [0.15, 0.2) is 29.2 Å². The van der Waals surface area contributed by atoms with Crippen molar-refractivity contribution in [2.75, 3.05) is 12.3 Å². The zero-order valence-electron chi connectivity index (χ0n) is 12.8. The standard InChI is InChI=1S/C17H28ClNS/c1-3-5-6-7-8-11-15(19-4-2)14-20-17-13-10-9-12-16(17)18/h9-10,12-13,15,19H,3-8,11,14H2,1-2H3. The van der Waals surface area contributed by atoms with E-state index in [-0.39, 0.29) is 0 Å². The molecule has 114 valence electrons. The number of halogens is 1. The van der Waals surface area contributed by atoms with Crippen LogP contribution in [-0.4, -0.2) is 18.3 Å². The lowest BCUT2D eigenvalue weighted by Gasteiger charge is -2.17. The van der Waals surface area contributed by atoms with Crippen LogP contribution in [0.3, 0.4) is 0 Å². The fraction of sp³-hybridized carbons (Fsp3) is 0.647. The van der Waals surface area contributed by atoms with Crippen molar-refractivity contribution in [1.29, 1.82) is 0 Å². The molecule has 20 heavy (non-hydrogen) atoms. The lowest BCUT2D eigenvalue weighted by molar-refractivity contribution is 0.496. The Bertz CT molecular complexity index is 357. The molecule has 0 fully saturated rings. The van der Waals surface area contributed by atoms with Gasteiger partial charge in [-0.2, -0.15) is 0 Å². The summed E-state index contributed by atoms with van der Waals surface area (Å²) in [5.41, 5.74) is 0. The molecule has 0 aliphatic heterocycles. The highest BCUT2D eigenvalue weighted by atomic mass is 35.5. The third-order valence-corrected chi connectivity index (χ3v) is 5.10. The topological polar surface area (TPSA) is 12.0 Å². The van der Waals surface area contributed by atoms with E-state index < -0.39 is 0 Å². The number of hydrogen-bond acceptors (Lipinski definition) is 2. The molecule has 1 aromatic carbocycles. The first-order valence-corrected chi connectivity index (χ1v) is 9.25. The summed E-state index contributed by atoms with van der Waals surface area (Å²) >= 11 is 8.07. The van der Waals surface area contributed by atoms with E-state index in [0.717, 1.165) is 17.3 Å². The Kier molecular flexibility index (Phi) is 10.3. The number of hydrogen-bond donors (Lipinski definition) is 1. The Morgan fingerprint density at radius 2 is 1.85 bits per heavy atom. The fourth-order valence-corrected chi connectivity index (χ4v) is 3.62. The van der Waals surface area contributed by atoms with E-state index in [1.54, 1.807) is 0 Å². The van der Waals surface area contributed by atoms with Crippen molar-refractivity contribution in [3.8, 4) is 0 Å². The molecule has 0 heterocycles. The first-order valence-electron chi connectivity index (χ1n) is 7.88. The second-order valence-electron chi connectivity index (χ2n) is 5.20. The molecular formula is C17H28ClNS. The van der Waals surface area contributed by atoms with Gasteiger partial charge in [0.05, 0.1) is 5.02 Å². The number of rotatable bonds is 11. The summed E-state index contributed by atoms with van der Waals surface area (Å²) in [7, 11) is 0. The van der Waals surface area contributed by atoms with Gasteiger partial charge in [-0.05, 0) is 25.1 Å². The van der Waals surface area contributed by atoms with E-state index in [4.69, 9.17) is 11.6 Å². The fourth-order valence-electron chi connectivity index (χ4n) is 2.28. The van der Waals surface area contributed by atoms with Crippen LogP contribution in [-0.2, 0) is 0 Å². The van der Waals surface area contributed by atoms with Crippen LogP contribution in [0.5, 0.6) is 0 Å². The Hall–Kier alpha value is -0.180. The predicted molar refractivity (Wildman–Crippen MR) is 93.0 cm³/mol. The molecule has 1 N–H and O–H groups in total. The van der Waals surface area contributed by atoms with Crippen LogP contribution in [0.1, 0.15) is 52.4 Å². The molecule has 0 saturated heterocycles. The molecule has 1 rings (SSSR count). The summed E-state index contributed by atoms with van der Waals surface area (Å²) < 4.78 is 0. The van der Waals surface area contributed by atoms with Crippen molar-refractivity contribution in [1.82, 2.24) is 5.32 Å². The lowest BCUT2D eigenvalue weighted by Crippen LogP contribution is -2.31. The summed E-state index contributed by atoms with van der Waals surface area (Å²) in [6.45, 7) is 5.49. The summed E-state index contributed by atoms with van der Waals surface area (Å²) in [6, 6.07) is 8.72. The number of nitrogens with one attached hydrogen (secondary N) is 1. The van der Waals surface area contributed by atoms with Crippen molar-refractivity contribution in [3.63, 3.8) is 0 Å². The number of thioether (sulfide) groups is 1. The molecule has 0 aromatic heterocycles. The van der Waals surface area contributed by atoms with E-state index in [0.29, 0.717) is 6.04 Å². The second kappa shape index (κ2) is 11.5. The van der Waals surface area contributed by atoms with Crippen LogP contribution < -0.4 is 5.32 Å². The van der Waals surface area contributed by atoms with Crippen molar-refractivity contribution in [2.24, 2.45) is 0 Å². The van der Waals surface area contributed by atoms with Crippen LogP contribution in [0.4, 0.5) is 0 Å². The summed E-state index contributed by atoms with van der Waals surface area (Å²) in [4.78, 5) is 1.20. The molecule has 0 spiro atoms. The third-order valence-electron chi connectivity index (χ3n) is 3.43. The van der Waals surface area contributed by atoms with Gasteiger partial charge in [0.15, 0.2) is 0 Å². The third kappa shape index (κ3) is 7.56. The van der Waals surface area contributed by atoms with E-state index in [1.165, 1.54) is 43.4 Å². The van der Waals surface area contributed by atoms with E-state index in [1.807, 2.05) is 23.9 Å². The molecule has 3 heteroatoms. The number of benzene rings is 1. The molecule has 0 saturated carbocycles. The zero-order valence-corrected chi connectivity index (χ0v) is 14.4. The molecule has 1 unspecified atom stereocenters. The van der Waals surface area contributed by atoms with Gasteiger partial charge in [0, 0.05) is 16.7 Å². The maximum Gasteiger partial charge on any atom is 0.0541 e. The monoisotopic (exact) mass is 313 g/mol. The SMILES string of the molecule is CCCCCCCC(CSc1ccccc1Cl)NCC. The van der Waals surface area contributed by atoms with Gasteiger partial charge in [-0.25, -0.2) is 0 Å². The minimum Gasteiger partial charge on any atom is -0.313 e.